The van der Waals surface area contributed by atoms with Gasteiger partial charge in [0.15, 0.2) is 0 Å². The molecule has 2 heterocycles. The Kier molecular flexibility index (Phi) is 2.68. The molecule has 0 spiro atoms. The first kappa shape index (κ1) is 11.3. The van der Waals surface area contributed by atoms with E-state index >= 15 is 0 Å². The summed E-state index contributed by atoms with van der Waals surface area (Å²) in [4.78, 5) is 17.4. The Labute approximate surface area is 106 Å². The normalized spacial score (nSPS) is 10.6. The molecule has 0 bridgehead atoms. The molecule has 19 heavy (non-hydrogen) atoms. The van der Waals surface area contributed by atoms with Gasteiger partial charge in [-0.2, -0.15) is 0 Å². The molecule has 6 heteroatoms. The van der Waals surface area contributed by atoms with Crippen molar-refractivity contribution in [2.75, 3.05) is 0 Å². The summed E-state index contributed by atoms with van der Waals surface area (Å²) in [5.74, 6) is -0.774. The lowest BCUT2D eigenvalue weighted by molar-refractivity contribution is 0.388. The number of aromatic nitrogens is 3. The Morgan fingerprint density at radius 2 is 2.05 bits per heavy atom. The topological polar surface area (TPSA) is 71.8 Å². The minimum Gasteiger partial charge on any atom is -0.296 e. The van der Waals surface area contributed by atoms with Crippen molar-refractivity contribution >= 4 is 0 Å². The van der Waals surface area contributed by atoms with Gasteiger partial charge in [0.2, 0.25) is 5.82 Å². The quantitative estimate of drug-likeness (QED) is 0.764. The number of H-pyrrole nitrogens is 1. The molecule has 0 aliphatic rings. The van der Waals surface area contributed by atoms with Crippen LogP contribution in [0.4, 0.5) is 4.39 Å². The summed E-state index contributed by atoms with van der Waals surface area (Å²) in [6, 6.07) is 9.73. The summed E-state index contributed by atoms with van der Waals surface area (Å²) >= 11 is 0. The van der Waals surface area contributed by atoms with Crippen molar-refractivity contribution in [1.82, 2.24) is 15.1 Å². The highest BCUT2D eigenvalue weighted by molar-refractivity contribution is 5.68. The molecule has 0 radical (unpaired) electrons. The van der Waals surface area contributed by atoms with E-state index in [1.807, 2.05) is 0 Å². The van der Waals surface area contributed by atoms with E-state index in [1.165, 1.54) is 12.3 Å². The number of rotatable bonds is 2. The zero-order chi connectivity index (χ0) is 13.2. The lowest BCUT2D eigenvalue weighted by atomic mass is 10.1. The number of hydrogen-bond donors (Lipinski definition) is 1. The molecule has 0 atom stereocenters. The maximum Gasteiger partial charge on any atom is 0.439 e. The summed E-state index contributed by atoms with van der Waals surface area (Å²) in [6.07, 6.45) is 1.52. The third-order valence-electron chi connectivity index (χ3n) is 2.63. The number of hydrogen-bond acceptors (Lipinski definition) is 4. The smallest absolute Gasteiger partial charge is 0.296 e. The number of halogens is 1. The van der Waals surface area contributed by atoms with E-state index in [1.54, 1.807) is 30.3 Å². The van der Waals surface area contributed by atoms with E-state index in [-0.39, 0.29) is 11.6 Å². The van der Waals surface area contributed by atoms with Gasteiger partial charge < -0.3 is 0 Å². The molecule has 0 fully saturated rings. The van der Waals surface area contributed by atoms with Gasteiger partial charge in [0.05, 0.1) is 0 Å². The molecule has 0 amide bonds. The first-order valence-corrected chi connectivity index (χ1v) is 5.51. The van der Waals surface area contributed by atoms with E-state index in [2.05, 4.69) is 19.6 Å². The van der Waals surface area contributed by atoms with Crippen LogP contribution in [0.2, 0.25) is 0 Å². The number of nitrogens with zero attached hydrogens (tertiary/aromatic N) is 2. The molecule has 1 aromatic carbocycles. The highest BCUT2D eigenvalue weighted by atomic mass is 19.1. The first-order valence-electron chi connectivity index (χ1n) is 5.51. The Morgan fingerprint density at radius 3 is 2.79 bits per heavy atom. The van der Waals surface area contributed by atoms with Crippen LogP contribution >= 0.6 is 0 Å². The minimum atomic E-state index is -0.659. The largest absolute Gasteiger partial charge is 0.439 e. The van der Waals surface area contributed by atoms with Crippen LogP contribution in [0.15, 0.2) is 51.9 Å². The van der Waals surface area contributed by atoms with Crippen LogP contribution in [0.5, 0.6) is 0 Å². The van der Waals surface area contributed by atoms with Crippen LogP contribution in [0, 0.1) is 5.82 Å². The molecule has 0 saturated carbocycles. The highest BCUT2D eigenvalue weighted by Crippen LogP contribution is 2.24. The summed E-state index contributed by atoms with van der Waals surface area (Å²) in [5, 5.41) is 3.54. The SMILES string of the molecule is O=c1[nH]c(-c2cc(-c3ccccc3F)ccn2)no1. The van der Waals surface area contributed by atoms with Crippen LogP contribution in [0.25, 0.3) is 22.6 Å². The van der Waals surface area contributed by atoms with Crippen molar-refractivity contribution in [1.29, 1.82) is 0 Å². The fraction of sp³-hybridized carbons (Fsp3) is 0. The standard InChI is InChI=1S/C13H8FN3O2/c14-10-4-2-1-3-9(10)8-5-6-15-11(7-8)12-16-13(18)19-17-12/h1-7H,(H,16,17,18). The third-order valence-corrected chi connectivity index (χ3v) is 2.63. The summed E-state index contributed by atoms with van der Waals surface area (Å²) < 4.78 is 18.1. The Bertz CT molecular complexity index is 779. The van der Waals surface area contributed by atoms with Crippen molar-refractivity contribution in [3.8, 4) is 22.6 Å². The fourth-order valence-corrected chi connectivity index (χ4v) is 1.76. The van der Waals surface area contributed by atoms with Gasteiger partial charge in [-0.25, -0.2) is 9.18 Å². The maximum atomic E-state index is 13.7. The molecule has 3 rings (SSSR count). The van der Waals surface area contributed by atoms with Crippen LogP contribution < -0.4 is 5.76 Å². The molecule has 0 aliphatic carbocycles. The average Bonchev–Trinajstić information content (AvgIpc) is 2.86. The number of benzene rings is 1. The zero-order valence-electron chi connectivity index (χ0n) is 9.63. The van der Waals surface area contributed by atoms with Gasteiger partial charge in [0, 0.05) is 11.8 Å². The highest BCUT2D eigenvalue weighted by Gasteiger charge is 2.09. The molecule has 0 aliphatic heterocycles. The third kappa shape index (κ3) is 2.15. The first-order chi connectivity index (χ1) is 9.24. The van der Waals surface area contributed by atoms with E-state index in [9.17, 15) is 9.18 Å². The number of aromatic amines is 1. The van der Waals surface area contributed by atoms with Gasteiger partial charge in [-0.1, -0.05) is 23.4 Å². The molecule has 94 valence electrons. The molecular weight excluding hydrogens is 249 g/mol. The van der Waals surface area contributed by atoms with E-state index in [0.29, 0.717) is 16.8 Å². The van der Waals surface area contributed by atoms with Crippen molar-refractivity contribution in [3.63, 3.8) is 0 Å². The van der Waals surface area contributed by atoms with Crippen molar-refractivity contribution in [2.45, 2.75) is 0 Å². The second kappa shape index (κ2) is 4.49. The lowest BCUT2D eigenvalue weighted by Gasteiger charge is -2.03. The zero-order valence-corrected chi connectivity index (χ0v) is 9.63. The van der Waals surface area contributed by atoms with Crippen LogP contribution in [-0.4, -0.2) is 15.1 Å². The van der Waals surface area contributed by atoms with E-state index in [4.69, 9.17) is 0 Å². The molecule has 1 N–H and O–H groups in total. The second-order valence-corrected chi connectivity index (χ2v) is 3.85. The van der Waals surface area contributed by atoms with Gasteiger partial charge >= 0.3 is 5.76 Å². The summed E-state index contributed by atoms with van der Waals surface area (Å²) in [5.41, 5.74) is 1.51. The molecule has 5 nitrogen and oxygen atoms in total. The fourth-order valence-electron chi connectivity index (χ4n) is 1.76. The van der Waals surface area contributed by atoms with Crippen molar-refractivity contribution < 1.29 is 8.91 Å². The van der Waals surface area contributed by atoms with Gasteiger partial charge in [-0.05, 0) is 23.8 Å². The monoisotopic (exact) mass is 257 g/mol. The van der Waals surface area contributed by atoms with Crippen LogP contribution in [0.1, 0.15) is 0 Å². The molecule has 0 unspecified atom stereocenters. The Balaban J connectivity index is 2.10. The van der Waals surface area contributed by atoms with Crippen molar-refractivity contribution in [3.05, 3.63) is 59.0 Å². The van der Waals surface area contributed by atoms with E-state index < -0.39 is 5.76 Å². The molecule has 2 aromatic heterocycles. The minimum absolute atomic E-state index is 0.211. The van der Waals surface area contributed by atoms with Crippen LogP contribution in [0.3, 0.4) is 0 Å². The van der Waals surface area contributed by atoms with Gasteiger partial charge in [-0.15, -0.1) is 0 Å². The lowest BCUT2D eigenvalue weighted by Crippen LogP contribution is -1.95. The predicted octanol–water partition coefficient (Wildman–Crippen LogP) is 2.23. The Morgan fingerprint density at radius 1 is 1.21 bits per heavy atom. The summed E-state index contributed by atoms with van der Waals surface area (Å²) in [6.45, 7) is 0. The van der Waals surface area contributed by atoms with Crippen LogP contribution in [-0.2, 0) is 0 Å². The average molecular weight is 257 g/mol. The molecular formula is C13H8FN3O2. The van der Waals surface area contributed by atoms with Crippen molar-refractivity contribution in [2.24, 2.45) is 0 Å². The molecule has 0 saturated heterocycles. The van der Waals surface area contributed by atoms with Gasteiger partial charge in [0.25, 0.3) is 0 Å². The number of nitrogens with one attached hydrogen (secondary N) is 1. The molecule has 3 aromatic rings. The number of pyridine rings is 1. The Hall–Kier alpha value is -2.76. The summed E-state index contributed by atoms with van der Waals surface area (Å²) in [7, 11) is 0. The predicted molar refractivity (Wildman–Crippen MR) is 65.7 cm³/mol. The van der Waals surface area contributed by atoms with Gasteiger partial charge in [0.1, 0.15) is 11.5 Å². The van der Waals surface area contributed by atoms with Gasteiger partial charge in [-0.3, -0.25) is 14.5 Å². The maximum absolute atomic E-state index is 13.7. The second-order valence-electron chi connectivity index (χ2n) is 3.85. The van der Waals surface area contributed by atoms with E-state index in [0.717, 1.165) is 0 Å².